The zero-order valence-electron chi connectivity index (χ0n) is 14.7. The van der Waals surface area contributed by atoms with Gasteiger partial charge in [0, 0.05) is 16.6 Å². The first-order chi connectivity index (χ1) is 12.4. The van der Waals surface area contributed by atoms with Crippen molar-refractivity contribution in [2.75, 3.05) is 12.3 Å². The number of amides is 2. The summed E-state index contributed by atoms with van der Waals surface area (Å²) in [5, 5.41) is 16.1. The number of nitrogens with zero attached hydrogens (tertiary/aromatic N) is 2. The second-order valence-corrected chi connectivity index (χ2v) is 7.01. The molecule has 0 fully saturated rings. The molecule has 2 aromatic rings. The molecule has 0 spiro atoms. The highest BCUT2D eigenvalue weighted by atomic mass is 32.1. The van der Waals surface area contributed by atoms with E-state index in [1.165, 1.54) is 11.3 Å². The van der Waals surface area contributed by atoms with Crippen molar-refractivity contribution < 1.29 is 9.59 Å². The van der Waals surface area contributed by atoms with E-state index in [0.29, 0.717) is 17.1 Å². The molecule has 1 heterocycles. The number of benzene rings is 1. The van der Waals surface area contributed by atoms with E-state index in [2.05, 4.69) is 15.6 Å². The highest BCUT2D eigenvalue weighted by Crippen LogP contribution is 2.28. The summed E-state index contributed by atoms with van der Waals surface area (Å²) in [4.78, 5) is 29.0. The third kappa shape index (κ3) is 5.04. The van der Waals surface area contributed by atoms with Gasteiger partial charge in [-0.2, -0.15) is 5.26 Å². The molecule has 0 aliphatic heterocycles. The minimum absolute atomic E-state index is 0.0998. The SMILES string of the molecule is CC(C)C[C@H](NC(=O)c1csc(-c2ccccc2N)n1)C(=O)NCC#N. The first-order valence-corrected chi connectivity index (χ1v) is 9.06. The van der Waals surface area contributed by atoms with Gasteiger partial charge in [0.15, 0.2) is 0 Å². The van der Waals surface area contributed by atoms with Gasteiger partial charge in [0.2, 0.25) is 5.91 Å². The number of aromatic nitrogens is 1. The average Bonchev–Trinajstić information content (AvgIpc) is 3.09. The van der Waals surface area contributed by atoms with Crippen LogP contribution in [-0.2, 0) is 4.79 Å². The van der Waals surface area contributed by atoms with Crippen LogP contribution in [-0.4, -0.2) is 29.4 Å². The van der Waals surface area contributed by atoms with Crippen molar-refractivity contribution in [3.8, 4) is 16.6 Å². The Hall–Kier alpha value is -2.92. The number of anilines is 1. The van der Waals surface area contributed by atoms with Gasteiger partial charge in [-0.15, -0.1) is 11.3 Å². The van der Waals surface area contributed by atoms with Crippen LogP contribution in [0.1, 0.15) is 30.8 Å². The first kappa shape index (κ1) is 19.4. The van der Waals surface area contributed by atoms with Crippen molar-refractivity contribution in [1.82, 2.24) is 15.6 Å². The van der Waals surface area contributed by atoms with Gasteiger partial charge in [0.1, 0.15) is 23.3 Å². The lowest BCUT2D eigenvalue weighted by atomic mass is 10.0. The van der Waals surface area contributed by atoms with E-state index >= 15 is 0 Å². The third-order valence-electron chi connectivity index (χ3n) is 3.60. The molecule has 0 unspecified atom stereocenters. The van der Waals surface area contributed by atoms with Gasteiger partial charge in [-0.05, 0) is 24.5 Å². The monoisotopic (exact) mass is 371 g/mol. The zero-order valence-corrected chi connectivity index (χ0v) is 15.5. The number of nitrogens with one attached hydrogen (secondary N) is 2. The fourth-order valence-electron chi connectivity index (χ4n) is 2.38. The highest BCUT2D eigenvalue weighted by Gasteiger charge is 2.23. The smallest absolute Gasteiger partial charge is 0.271 e. The summed E-state index contributed by atoms with van der Waals surface area (Å²) < 4.78 is 0. The maximum absolute atomic E-state index is 12.5. The summed E-state index contributed by atoms with van der Waals surface area (Å²) in [7, 11) is 0. The van der Waals surface area contributed by atoms with Gasteiger partial charge in [0.05, 0.1) is 6.07 Å². The summed E-state index contributed by atoms with van der Waals surface area (Å²) in [5.74, 6) is -0.612. The minimum atomic E-state index is -0.720. The Balaban J connectivity index is 2.13. The summed E-state index contributed by atoms with van der Waals surface area (Å²) >= 11 is 1.31. The van der Waals surface area contributed by atoms with Gasteiger partial charge >= 0.3 is 0 Å². The molecule has 0 bridgehead atoms. The van der Waals surface area contributed by atoms with Crippen LogP contribution >= 0.6 is 11.3 Å². The van der Waals surface area contributed by atoms with E-state index in [9.17, 15) is 9.59 Å². The van der Waals surface area contributed by atoms with Crippen molar-refractivity contribution in [2.45, 2.75) is 26.3 Å². The number of thiazole rings is 1. The number of hydrogen-bond donors (Lipinski definition) is 3. The molecule has 4 N–H and O–H groups in total. The maximum Gasteiger partial charge on any atom is 0.271 e. The molecule has 0 aliphatic rings. The van der Waals surface area contributed by atoms with Crippen molar-refractivity contribution in [1.29, 1.82) is 5.26 Å². The maximum atomic E-state index is 12.5. The van der Waals surface area contributed by atoms with Crippen LogP contribution in [0.5, 0.6) is 0 Å². The largest absolute Gasteiger partial charge is 0.398 e. The molecule has 0 radical (unpaired) electrons. The number of nitrogens with two attached hydrogens (primary N) is 1. The molecule has 2 rings (SSSR count). The fraction of sp³-hybridized carbons (Fsp3) is 0.333. The Labute approximate surface area is 156 Å². The number of hydrogen-bond acceptors (Lipinski definition) is 6. The normalized spacial score (nSPS) is 11.6. The second kappa shape index (κ2) is 8.97. The summed E-state index contributed by atoms with van der Waals surface area (Å²) in [6.07, 6.45) is 0.464. The quantitative estimate of drug-likeness (QED) is 0.509. The standard InChI is InChI=1S/C18H21N5O2S/c1-11(2)9-14(16(24)21-8-7-19)22-17(25)15-10-26-18(23-15)12-5-3-4-6-13(12)20/h3-6,10-11,14H,8-9,20H2,1-2H3,(H,21,24)(H,22,25)/t14-/m0/s1. The highest BCUT2D eigenvalue weighted by molar-refractivity contribution is 7.13. The number of nitrogen functional groups attached to an aromatic ring is 1. The minimum Gasteiger partial charge on any atom is -0.398 e. The summed E-state index contributed by atoms with van der Waals surface area (Å²) in [6.45, 7) is 3.81. The molecule has 0 aliphatic carbocycles. The van der Waals surface area contributed by atoms with Crippen LogP contribution in [0.3, 0.4) is 0 Å². The fourth-order valence-corrected chi connectivity index (χ4v) is 3.23. The van der Waals surface area contributed by atoms with Crippen LogP contribution in [0.2, 0.25) is 0 Å². The average molecular weight is 371 g/mol. The molecular weight excluding hydrogens is 350 g/mol. The topological polar surface area (TPSA) is 121 Å². The van der Waals surface area contributed by atoms with Gasteiger partial charge in [-0.25, -0.2) is 4.98 Å². The Bertz CT molecular complexity index is 825. The van der Waals surface area contributed by atoms with Crippen LogP contribution < -0.4 is 16.4 Å². The van der Waals surface area contributed by atoms with Crippen LogP contribution in [0.4, 0.5) is 5.69 Å². The second-order valence-electron chi connectivity index (χ2n) is 6.16. The molecule has 1 aromatic heterocycles. The lowest BCUT2D eigenvalue weighted by Gasteiger charge is -2.19. The number of para-hydroxylation sites is 1. The first-order valence-electron chi connectivity index (χ1n) is 8.18. The molecule has 0 saturated carbocycles. The molecule has 2 amide bonds. The molecule has 0 saturated heterocycles. The van der Waals surface area contributed by atoms with Crippen molar-refractivity contribution in [2.24, 2.45) is 5.92 Å². The van der Waals surface area contributed by atoms with E-state index in [0.717, 1.165) is 5.56 Å². The molecule has 7 nitrogen and oxygen atoms in total. The van der Waals surface area contributed by atoms with Crippen LogP contribution in [0.25, 0.3) is 10.6 Å². The zero-order chi connectivity index (χ0) is 19.1. The predicted molar refractivity (Wildman–Crippen MR) is 101 cm³/mol. The Kier molecular flexibility index (Phi) is 6.69. The van der Waals surface area contributed by atoms with Crippen LogP contribution in [0.15, 0.2) is 29.6 Å². The molecule has 26 heavy (non-hydrogen) atoms. The molecule has 1 atom stereocenters. The number of carbonyl (C=O) groups is 2. The number of rotatable bonds is 7. The molecule has 8 heteroatoms. The molecule has 136 valence electrons. The molecule has 1 aromatic carbocycles. The molecular formula is C18H21N5O2S. The van der Waals surface area contributed by atoms with E-state index < -0.39 is 11.9 Å². The van der Waals surface area contributed by atoms with Gasteiger partial charge in [0.25, 0.3) is 5.91 Å². The van der Waals surface area contributed by atoms with Crippen molar-refractivity contribution >= 4 is 28.8 Å². The van der Waals surface area contributed by atoms with E-state index in [4.69, 9.17) is 11.0 Å². The number of carbonyl (C=O) groups excluding carboxylic acids is 2. The lowest BCUT2D eigenvalue weighted by Crippen LogP contribution is -2.47. The van der Waals surface area contributed by atoms with Crippen LogP contribution in [0, 0.1) is 17.2 Å². The lowest BCUT2D eigenvalue weighted by molar-refractivity contribution is -0.123. The third-order valence-corrected chi connectivity index (χ3v) is 4.47. The van der Waals surface area contributed by atoms with Gasteiger partial charge < -0.3 is 16.4 Å². The summed E-state index contributed by atoms with van der Waals surface area (Å²) in [6, 6.07) is 8.43. The van der Waals surface area contributed by atoms with Crippen molar-refractivity contribution in [3.63, 3.8) is 0 Å². The van der Waals surface area contributed by atoms with E-state index in [1.807, 2.05) is 38.1 Å². The Morgan fingerprint density at radius 3 is 2.73 bits per heavy atom. The Morgan fingerprint density at radius 2 is 2.08 bits per heavy atom. The van der Waals surface area contributed by atoms with Gasteiger partial charge in [-0.3, -0.25) is 9.59 Å². The van der Waals surface area contributed by atoms with Gasteiger partial charge in [-0.1, -0.05) is 26.0 Å². The van der Waals surface area contributed by atoms with E-state index in [-0.39, 0.29) is 24.1 Å². The van der Waals surface area contributed by atoms with E-state index in [1.54, 1.807) is 11.4 Å². The number of nitriles is 1. The van der Waals surface area contributed by atoms with Crippen molar-refractivity contribution in [3.05, 3.63) is 35.3 Å². The Morgan fingerprint density at radius 1 is 1.35 bits per heavy atom. The summed E-state index contributed by atoms with van der Waals surface area (Å²) in [5.41, 5.74) is 7.53. The predicted octanol–water partition coefficient (Wildman–Crippen LogP) is 2.18.